The molecule has 0 aliphatic carbocycles. The first-order valence-corrected chi connectivity index (χ1v) is 12.7. The van der Waals surface area contributed by atoms with Crippen molar-refractivity contribution >= 4 is 17.6 Å². The molecule has 186 valence electrons. The number of ether oxygens (including phenoxy) is 1. The molecule has 3 aromatic rings. The van der Waals surface area contributed by atoms with Gasteiger partial charge in [-0.25, -0.2) is 9.48 Å². The third-order valence-electron chi connectivity index (χ3n) is 6.58. The third kappa shape index (κ3) is 6.69. The first kappa shape index (κ1) is 25.4. The number of hydrogen-bond donors (Lipinski definition) is 1. The molecular formula is C27H33ClN4O3. The lowest BCUT2D eigenvalue weighted by Gasteiger charge is -2.42. The molecule has 4 rings (SSSR count). The van der Waals surface area contributed by atoms with Gasteiger partial charge in [0.1, 0.15) is 12.3 Å². The monoisotopic (exact) mass is 496 g/mol. The molecule has 1 saturated heterocycles. The van der Waals surface area contributed by atoms with Crippen molar-refractivity contribution in [3.63, 3.8) is 0 Å². The summed E-state index contributed by atoms with van der Waals surface area (Å²) in [7, 11) is 0. The molecule has 2 aromatic carbocycles. The molecule has 0 unspecified atom stereocenters. The van der Waals surface area contributed by atoms with E-state index >= 15 is 0 Å². The number of aliphatic hydroxyl groups excluding tert-OH is 1. The standard InChI is InChI=1S/C27H33ClN4O3/c1-2-3-4-8-15-31-18-25(26(33)16-24(31)20-11-13-22(28)14-12-20)32-17-23(29-30-32)19-35-27(34)21-9-6-5-7-10-21/h5-7,9-14,17,24-26,33H,2-4,8,15-16,18-19H2,1H3/t24-,25+,26+/m1/s1. The van der Waals surface area contributed by atoms with E-state index in [0.29, 0.717) is 29.2 Å². The Bertz CT molecular complexity index is 1070. The van der Waals surface area contributed by atoms with Crippen molar-refractivity contribution in [1.82, 2.24) is 19.9 Å². The molecule has 0 saturated carbocycles. The molecule has 1 aliphatic heterocycles. The number of halogens is 1. The average molecular weight is 497 g/mol. The Balaban J connectivity index is 1.43. The lowest BCUT2D eigenvalue weighted by Crippen LogP contribution is -2.46. The van der Waals surface area contributed by atoms with E-state index in [1.165, 1.54) is 19.3 Å². The molecule has 1 aromatic heterocycles. The van der Waals surface area contributed by atoms with Gasteiger partial charge in [-0.3, -0.25) is 4.90 Å². The van der Waals surface area contributed by atoms with Crippen LogP contribution < -0.4 is 0 Å². The number of nitrogens with zero attached hydrogens (tertiary/aromatic N) is 4. The van der Waals surface area contributed by atoms with Gasteiger partial charge in [0.2, 0.25) is 0 Å². The van der Waals surface area contributed by atoms with Gasteiger partial charge in [0.25, 0.3) is 0 Å². The van der Waals surface area contributed by atoms with Crippen LogP contribution in [0.4, 0.5) is 0 Å². The smallest absolute Gasteiger partial charge is 0.338 e. The van der Waals surface area contributed by atoms with Crippen LogP contribution in [0.25, 0.3) is 0 Å². The van der Waals surface area contributed by atoms with Crippen LogP contribution >= 0.6 is 11.6 Å². The second-order valence-corrected chi connectivity index (χ2v) is 9.56. The molecule has 0 bridgehead atoms. The predicted molar refractivity (Wildman–Crippen MR) is 135 cm³/mol. The molecule has 0 amide bonds. The second kappa shape index (κ2) is 12.3. The largest absolute Gasteiger partial charge is 0.455 e. The van der Waals surface area contributed by atoms with E-state index in [2.05, 4.69) is 22.1 Å². The van der Waals surface area contributed by atoms with Gasteiger partial charge in [0.15, 0.2) is 0 Å². The number of unbranched alkanes of at least 4 members (excludes halogenated alkanes) is 3. The van der Waals surface area contributed by atoms with Gasteiger partial charge in [-0.15, -0.1) is 5.10 Å². The molecule has 1 aliphatic rings. The van der Waals surface area contributed by atoms with Gasteiger partial charge >= 0.3 is 5.97 Å². The van der Waals surface area contributed by atoms with Crippen molar-refractivity contribution in [2.75, 3.05) is 13.1 Å². The average Bonchev–Trinajstić information content (AvgIpc) is 3.35. The lowest BCUT2D eigenvalue weighted by molar-refractivity contribution is -0.00778. The van der Waals surface area contributed by atoms with Crippen molar-refractivity contribution < 1.29 is 14.6 Å². The fraction of sp³-hybridized carbons (Fsp3) is 0.444. The van der Waals surface area contributed by atoms with Crippen molar-refractivity contribution in [3.8, 4) is 0 Å². The summed E-state index contributed by atoms with van der Waals surface area (Å²) >= 11 is 6.11. The van der Waals surface area contributed by atoms with E-state index in [1.807, 2.05) is 30.3 Å². The summed E-state index contributed by atoms with van der Waals surface area (Å²) in [5.41, 5.74) is 2.21. The molecule has 1 N–H and O–H groups in total. The van der Waals surface area contributed by atoms with Crippen LogP contribution in [0.2, 0.25) is 5.02 Å². The Hall–Kier alpha value is -2.74. The zero-order valence-corrected chi connectivity index (χ0v) is 20.8. The molecule has 1 fully saturated rings. The molecule has 0 spiro atoms. The Labute approximate surface area is 211 Å². The summed E-state index contributed by atoms with van der Waals surface area (Å²) < 4.78 is 7.10. The number of likely N-dealkylation sites (tertiary alicyclic amines) is 1. The molecule has 7 nitrogen and oxygen atoms in total. The van der Waals surface area contributed by atoms with Gasteiger partial charge in [0, 0.05) is 17.6 Å². The second-order valence-electron chi connectivity index (χ2n) is 9.13. The summed E-state index contributed by atoms with van der Waals surface area (Å²) in [6, 6.07) is 16.7. The quantitative estimate of drug-likeness (QED) is 0.306. The normalized spacial score (nSPS) is 20.6. The number of benzene rings is 2. The van der Waals surface area contributed by atoms with Crippen molar-refractivity contribution in [1.29, 1.82) is 0 Å². The summed E-state index contributed by atoms with van der Waals surface area (Å²) in [6.07, 6.45) is 6.50. The summed E-state index contributed by atoms with van der Waals surface area (Å²) in [5, 5.41) is 20.2. The van der Waals surface area contributed by atoms with Gasteiger partial charge in [-0.1, -0.05) is 73.3 Å². The summed E-state index contributed by atoms with van der Waals surface area (Å²) in [5.74, 6) is -0.401. The minimum Gasteiger partial charge on any atom is -0.455 e. The Morgan fingerprint density at radius 1 is 1.11 bits per heavy atom. The fourth-order valence-corrected chi connectivity index (χ4v) is 4.77. The van der Waals surface area contributed by atoms with E-state index in [0.717, 1.165) is 18.5 Å². The van der Waals surface area contributed by atoms with Crippen LogP contribution in [0, 0.1) is 0 Å². The van der Waals surface area contributed by atoms with E-state index < -0.39 is 12.1 Å². The Morgan fingerprint density at radius 2 is 1.89 bits per heavy atom. The number of piperidine rings is 1. The summed E-state index contributed by atoms with van der Waals surface area (Å²) in [6.45, 7) is 3.86. The third-order valence-corrected chi connectivity index (χ3v) is 6.84. The first-order valence-electron chi connectivity index (χ1n) is 12.4. The fourth-order valence-electron chi connectivity index (χ4n) is 4.64. The van der Waals surface area contributed by atoms with E-state index in [-0.39, 0.29) is 18.7 Å². The maximum absolute atomic E-state index is 12.2. The predicted octanol–water partition coefficient (Wildman–Crippen LogP) is 5.22. The minimum absolute atomic E-state index is 0.0324. The maximum Gasteiger partial charge on any atom is 0.338 e. The number of esters is 1. The SMILES string of the molecule is CCCCCCN1C[C@H](n2cc(COC(=O)c3ccccc3)nn2)[C@@H](O)C[C@@H]1c1ccc(Cl)cc1. The maximum atomic E-state index is 12.2. The van der Waals surface area contributed by atoms with Crippen LogP contribution in [0.1, 0.15) is 72.7 Å². The molecular weight excluding hydrogens is 464 g/mol. The summed E-state index contributed by atoms with van der Waals surface area (Å²) in [4.78, 5) is 14.7. The van der Waals surface area contributed by atoms with Crippen LogP contribution in [-0.4, -0.2) is 50.2 Å². The zero-order valence-electron chi connectivity index (χ0n) is 20.1. The van der Waals surface area contributed by atoms with Crippen LogP contribution in [0.5, 0.6) is 0 Å². The van der Waals surface area contributed by atoms with Crippen LogP contribution in [0.15, 0.2) is 60.8 Å². The lowest BCUT2D eigenvalue weighted by atomic mass is 9.90. The highest BCUT2D eigenvalue weighted by Crippen LogP contribution is 2.36. The topological polar surface area (TPSA) is 80.5 Å². The van der Waals surface area contributed by atoms with Gasteiger partial charge in [0.05, 0.1) is 23.9 Å². The van der Waals surface area contributed by atoms with Gasteiger partial charge in [-0.2, -0.15) is 0 Å². The highest BCUT2D eigenvalue weighted by atomic mass is 35.5. The molecule has 2 heterocycles. The molecule has 0 radical (unpaired) electrons. The first-order chi connectivity index (χ1) is 17.0. The molecule has 35 heavy (non-hydrogen) atoms. The molecule has 8 heteroatoms. The number of hydrogen-bond acceptors (Lipinski definition) is 6. The van der Waals surface area contributed by atoms with Crippen molar-refractivity contribution in [2.24, 2.45) is 0 Å². The number of rotatable bonds is 10. The number of aliphatic hydroxyl groups is 1. The highest BCUT2D eigenvalue weighted by Gasteiger charge is 2.36. The van der Waals surface area contributed by atoms with Crippen molar-refractivity contribution in [3.05, 3.63) is 82.6 Å². The number of carbonyl (C=O) groups is 1. The van der Waals surface area contributed by atoms with E-state index in [9.17, 15) is 9.90 Å². The zero-order chi connectivity index (χ0) is 24.6. The number of aromatic nitrogens is 3. The minimum atomic E-state index is -0.580. The Kier molecular flexibility index (Phi) is 8.90. The molecule has 3 atom stereocenters. The van der Waals surface area contributed by atoms with E-state index in [1.54, 1.807) is 35.1 Å². The van der Waals surface area contributed by atoms with Crippen LogP contribution in [-0.2, 0) is 11.3 Å². The van der Waals surface area contributed by atoms with Gasteiger partial charge in [-0.05, 0) is 49.2 Å². The highest BCUT2D eigenvalue weighted by molar-refractivity contribution is 6.30. The van der Waals surface area contributed by atoms with Crippen molar-refractivity contribution in [2.45, 2.75) is 63.8 Å². The Morgan fingerprint density at radius 3 is 2.63 bits per heavy atom. The number of carbonyl (C=O) groups excluding carboxylic acids is 1. The van der Waals surface area contributed by atoms with Gasteiger partial charge < -0.3 is 9.84 Å². The van der Waals surface area contributed by atoms with E-state index in [4.69, 9.17) is 16.3 Å². The van der Waals surface area contributed by atoms with Crippen LogP contribution in [0.3, 0.4) is 0 Å².